The summed E-state index contributed by atoms with van der Waals surface area (Å²) in [5.74, 6) is -0.243. The van der Waals surface area contributed by atoms with E-state index in [1.807, 2.05) is 74.8 Å². The van der Waals surface area contributed by atoms with Crippen LogP contribution in [0.3, 0.4) is 0 Å². The molecule has 0 aliphatic rings. The van der Waals surface area contributed by atoms with Gasteiger partial charge in [-0.1, -0.05) is 60.7 Å². The predicted octanol–water partition coefficient (Wildman–Crippen LogP) is 3.54. The second-order valence-corrected chi connectivity index (χ2v) is 8.52. The lowest BCUT2D eigenvalue weighted by molar-refractivity contribution is -0.123. The number of benzene rings is 2. The number of hydrogen-bond acceptors (Lipinski definition) is 4. The molecule has 0 spiro atoms. The highest BCUT2D eigenvalue weighted by atomic mass is 16.6. The van der Waals surface area contributed by atoms with Crippen LogP contribution in [0.2, 0.25) is 0 Å². The van der Waals surface area contributed by atoms with Gasteiger partial charge in [0.1, 0.15) is 11.6 Å². The summed E-state index contributed by atoms with van der Waals surface area (Å²) in [5.41, 5.74) is 1.43. The van der Waals surface area contributed by atoms with Crippen molar-refractivity contribution in [1.82, 2.24) is 15.5 Å². The zero-order chi connectivity index (χ0) is 22.1. The van der Waals surface area contributed by atoms with Crippen molar-refractivity contribution in [2.45, 2.75) is 44.9 Å². The quantitative estimate of drug-likeness (QED) is 0.697. The Hall–Kier alpha value is -2.86. The molecule has 2 atom stereocenters. The second kappa shape index (κ2) is 10.8. The number of ether oxygens (including phenoxy) is 1. The van der Waals surface area contributed by atoms with Crippen molar-refractivity contribution in [3.63, 3.8) is 0 Å². The second-order valence-electron chi connectivity index (χ2n) is 8.52. The van der Waals surface area contributed by atoms with Crippen LogP contribution in [0.5, 0.6) is 0 Å². The van der Waals surface area contributed by atoms with E-state index in [0.717, 1.165) is 11.1 Å². The number of carbonyl (C=O) groups is 2. The fourth-order valence-electron chi connectivity index (χ4n) is 3.10. The summed E-state index contributed by atoms with van der Waals surface area (Å²) in [6.45, 7) is 5.80. The number of nitrogens with one attached hydrogen (secondary N) is 2. The summed E-state index contributed by atoms with van der Waals surface area (Å²) in [6, 6.07) is 18.9. The standard InChI is InChI=1S/C24H33N3O3/c1-24(2,3)30-23(29)26-20(16-18-12-8-6-9-13-18)22(28)25-17-21(27(4)5)19-14-10-7-11-15-19/h6-15,20-21H,16-17H2,1-5H3,(H,25,28)(H,26,29)/t20-,21?/m0/s1. The molecule has 1 unspecified atom stereocenters. The van der Waals surface area contributed by atoms with Crippen molar-refractivity contribution >= 4 is 12.0 Å². The molecule has 0 fully saturated rings. The highest BCUT2D eigenvalue weighted by molar-refractivity contribution is 5.86. The molecule has 0 radical (unpaired) electrons. The molecule has 0 aliphatic carbocycles. The minimum Gasteiger partial charge on any atom is -0.444 e. The van der Waals surface area contributed by atoms with Crippen LogP contribution >= 0.6 is 0 Å². The Kier molecular flexibility index (Phi) is 8.42. The number of hydrogen-bond donors (Lipinski definition) is 2. The van der Waals surface area contributed by atoms with Gasteiger partial charge in [-0.2, -0.15) is 0 Å². The molecule has 0 bridgehead atoms. The molecule has 2 rings (SSSR count). The van der Waals surface area contributed by atoms with E-state index in [-0.39, 0.29) is 11.9 Å². The van der Waals surface area contributed by atoms with Gasteiger partial charge in [-0.25, -0.2) is 4.79 Å². The van der Waals surface area contributed by atoms with Crippen LogP contribution in [-0.2, 0) is 16.0 Å². The lowest BCUT2D eigenvalue weighted by Crippen LogP contribution is -2.50. The van der Waals surface area contributed by atoms with Gasteiger partial charge in [0.25, 0.3) is 0 Å². The fourth-order valence-corrected chi connectivity index (χ4v) is 3.10. The van der Waals surface area contributed by atoms with Crippen LogP contribution < -0.4 is 10.6 Å². The topological polar surface area (TPSA) is 70.7 Å². The Morgan fingerprint density at radius 1 is 0.967 bits per heavy atom. The van der Waals surface area contributed by atoms with E-state index in [1.54, 1.807) is 20.8 Å². The zero-order valence-electron chi connectivity index (χ0n) is 18.5. The fraction of sp³-hybridized carbons (Fsp3) is 0.417. The Morgan fingerprint density at radius 3 is 2.07 bits per heavy atom. The van der Waals surface area contributed by atoms with E-state index in [9.17, 15) is 9.59 Å². The van der Waals surface area contributed by atoms with Crippen LogP contribution in [0.1, 0.15) is 37.9 Å². The summed E-state index contributed by atoms with van der Waals surface area (Å²) < 4.78 is 5.35. The van der Waals surface area contributed by atoms with E-state index in [4.69, 9.17) is 4.74 Å². The first-order chi connectivity index (χ1) is 14.2. The lowest BCUT2D eigenvalue weighted by atomic mass is 10.0. The largest absolute Gasteiger partial charge is 0.444 e. The average molecular weight is 412 g/mol. The first kappa shape index (κ1) is 23.4. The molecule has 30 heavy (non-hydrogen) atoms. The number of nitrogens with zero attached hydrogens (tertiary/aromatic N) is 1. The third-order valence-electron chi connectivity index (χ3n) is 4.57. The highest BCUT2D eigenvalue weighted by Crippen LogP contribution is 2.17. The van der Waals surface area contributed by atoms with Gasteiger partial charge < -0.3 is 20.3 Å². The first-order valence-electron chi connectivity index (χ1n) is 10.2. The maximum Gasteiger partial charge on any atom is 0.408 e. The summed E-state index contributed by atoms with van der Waals surface area (Å²) in [7, 11) is 3.95. The number of alkyl carbamates (subject to hydrolysis) is 1. The first-order valence-corrected chi connectivity index (χ1v) is 10.2. The van der Waals surface area contributed by atoms with E-state index < -0.39 is 17.7 Å². The number of carbonyl (C=O) groups excluding carboxylic acids is 2. The lowest BCUT2D eigenvalue weighted by Gasteiger charge is -2.27. The molecule has 6 nitrogen and oxygen atoms in total. The van der Waals surface area contributed by atoms with Gasteiger partial charge >= 0.3 is 6.09 Å². The normalized spacial score (nSPS) is 13.4. The predicted molar refractivity (Wildman–Crippen MR) is 119 cm³/mol. The molecule has 0 saturated heterocycles. The van der Waals surface area contributed by atoms with Crippen LogP contribution in [0.15, 0.2) is 60.7 Å². The summed E-state index contributed by atoms with van der Waals surface area (Å²) in [4.78, 5) is 27.4. The van der Waals surface area contributed by atoms with Crippen LogP contribution in [0.25, 0.3) is 0 Å². The minimum absolute atomic E-state index is 0.0223. The maximum atomic E-state index is 13.0. The molecule has 6 heteroatoms. The molecular formula is C24H33N3O3. The molecule has 0 aliphatic heterocycles. The molecular weight excluding hydrogens is 378 g/mol. The monoisotopic (exact) mass is 411 g/mol. The average Bonchev–Trinajstić information content (AvgIpc) is 2.67. The molecule has 2 N–H and O–H groups in total. The molecule has 0 heterocycles. The molecule has 2 aromatic carbocycles. The number of rotatable bonds is 8. The Balaban J connectivity index is 2.09. The third-order valence-corrected chi connectivity index (χ3v) is 4.57. The van der Waals surface area contributed by atoms with E-state index in [2.05, 4.69) is 15.5 Å². The van der Waals surface area contributed by atoms with Crippen molar-refractivity contribution in [2.24, 2.45) is 0 Å². The van der Waals surface area contributed by atoms with Gasteiger partial charge in [0.2, 0.25) is 5.91 Å². The van der Waals surface area contributed by atoms with E-state index in [0.29, 0.717) is 13.0 Å². The van der Waals surface area contributed by atoms with Gasteiger partial charge in [-0.3, -0.25) is 4.79 Å². The Labute approximate surface area is 179 Å². The minimum atomic E-state index is -0.735. The SMILES string of the molecule is CN(C)C(CNC(=O)[C@H](Cc1ccccc1)NC(=O)OC(C)(C)C)c1ccccc1. The van der Waals surface area contributed by atoms with E-state index in [1.165, 1.54) is 0 Å². The maximum absolute atomic E-state index is 13.0. The molecule has 2 amide bonds. The molecule has 162 valence electrons. The Morgan fingerprint density at radius 2 is 1.53 bits per heavy atom. The van der Waals surface area contributed by atoms with Crippen molar-refractivity contribution < 1.29 is 14.3 Å². The molecule has 0 saturated carbocycles. The zero-order valence-corrected chi connectivity index (χ0v) is 18.5. The van der Waals surface area contributed by atoms with Crippen LogP contribution in [0.4, 0.5) is 4.79 Å². The van der Waals surface area contributed by atoms with Gasteiger partial charge in [0.15, 0.2) is 0 Å². The Bertz CT molecular complexity index is 801. The van der Waals surface area contributed by atoms with Crippen LogP contribution in [0, 0.1) is 0 Å². The smallest absolute Gasteiger partial charge is 0.408 e. The van der Waals surface area contributed by atoms with E-state index >= 15 is 0 Å². The number of likely N-dealkylation sites (N-methyl/N-ethyl adjacent to an activating group) is 1. The van der Waals surface area contributed by atoms with Gasteiger partial charge in [-0.15, -0.1) is 0 Å². The van der Waals surface area contributed by atoms with Gasteiger partial charge in [0, 0.05) is 13.0 Å². The molecule has 0 aromatic heterocycles. The van der Waals surface area contributed by atoms with Crippen LogP contribution in [-0.4, -0.2) is 49.2 Å². The van der Waals surface area contributed by atoms with Crippen molar-refractivity contribution in [3.8, 4) is 0 Å². The third kappa shape index (κ3) is 7.87. The summed E-state index contributed by atoms with van der Waals surface area (Å²) in [6.07, 6.45) is -0.227. The van der Waals surface area contributed by atoms with Gasteiger partial charge in [0.05, 0.1) is 6.04 Å². The molecule has 2 aromatic rings. The van der Waals surface area contributed by atoms with Crippen molar-refractivity contribution in [1.29, 1.82) is 0 Å². The highest BCUT2D eigenvalue weighted by Gasteiger charge is 2.25. The number of amides is 2. The summed E-state index contributed by atoms with van der Waals surface area (Å²) >= 11 is 0. The van der Waals surface area contributed by atoms with Crippen molar-refractivity contribution in [2.75, 3.05) is 20.6 Å². The van der Waals surface area contributed by atoms with Gasteiger partial charge in [-0.05, 0) is 46.0 Å². The van der Waals surface area contributed by atoms with Crippen molar-refractivity contribution in [3.05, 3.63) is 71.8 Å². The summed E-state index contributed by atoms with van der Waals surface area (Å²) in [5, 5.41) is 5.73.